The minimum Gasteiger partial charge on any atom is -0.478 e. The van der Waals surface area contributed by atoms with Crippen molar-refractivity contribution in [2.45, 2.75) is 37.1 Å². The van der Waals surface area contributed by atoms with Crippen molar-refractivity contribution in [2.24, 2.45) is 5.92 Å². The quantitative estimate of drug-likeness (QED) is 0.879. The molecule has 1 aromatic rings. The second-order valence-corrected chi connectivity index (χ2v) is 6.86. The second kappa shape index (κ2) is 5.84. The van der Waals surface area contributed by atoms with Crippen molar-refractivity contribution in [2.75, 3.05) is 0 Å². The number of carboxylic acids is 1. The van der Waals surface area contributed by atoms with Gasteiger partial charge in [0.1, 0.15) is 0 Å². The molecule has 1 aliphatic carbocycles. The first kappa shape index (κ1) is 15.5. The Balaban J connectivity index is 2.34. The number of nitrogens with one attached hydrogen (secondary N) is 1. The molecule has 0 amide bonds. The average Bonchev–Trinajstić information content (AvgIpc) is 2.85. The maximum absolute atomic E-state index is 12.4. The molecule has 6 nitrogen and oxygen atoms in total. The molecule has 2 rings (SSSR count). The van der Waals surface area contributed by atoms with Gasteiger partial charge in [0, 0.05) is 6.04 Å². The van der Waals surface area contributed by atoms with Crippen molar-refractivity contribution in [3.63, 3.8) is 0 Å². The fourth-order valence-electron chi connectivity index (χ4n) is 2.54. The van der Waals surface area contributed by atoms with E-state index in [4.69, 9.17) is 10.4 Å². The molecule has 1 saturated carbocycles. The Bertz CT molecular complexity index is 706. The van der Waals surface area contributed by atoms with Crippen LogP contribution >= 0.6 is 0 Å². The summed E-state index contributed by atoms with van der Waals surface area (Å²) in [5, 5.41) is 18.0. The molecule has 1 aromatic carbocycles. The van der Waals surface area contributed by atoms with Gasteiger partial charge in [-0.25, -0.2) is 17.9 Å². The van der Waals surface area contributed by atoms with E-state index < -0.39 is 22.0 Å². The third kappa shape index (κ3) is 3.23. The Labute approximate surface area is 123 Å². The molecule has 1 aliphatic rings. The van der Waals surface area contributed by atoms with Crippen molar-refractivity contribution in [1.29, 1.82) is 5.26 Å². The van der Waals surface area contributed by atoms with E-state index >= 15 is 0 Å². The number of aryl methyl sites for hydroxylation is 1. The van der Waals surface area contributed by atoms with Gasteiger partial charge in [-0.2, -0.15) is 5.26 Å². The van der Waals surface area contributed by atoms with Crippen molar-refractivity contribution < 1.29 is 18.3 Å². The van der Waals surface area contributed by atoms with E-state index in [2.05, 4.69) is 10.8 Å². The molecule has 7 heteroatoms. The molecule has 112 valence electrons. The van der Waals surface area contributed by atoms with Crippen LogP contribution in [-0.2, 0) is 10.0 Å². The van der Waals surface area contributed by atoms with Crippen LogP contribution in [0.15, 0.2) is 23.1 Å². The highest BCUT2D eigenvalue weighted by atomic mass is 32.2. The zero-order chi connectivity index (χ0) is 15.6. The van der Waals surface area contributed by atoms with E-state index in [0.29, 0.717) is 18.4 Å². The molecule has 21 heavy (non-hydrogen) atoms. The summed E-state index contributed by atoms with van der Waals surface area (Å²) in [6, 6.07) is 5.68. The van der Waals surface area contributed by atoms with Gasteiger partial charge in [-0.05, 0) is 37.5 Å². The fraction of sp³-hybridized carbons (Fsp3) is 0.429. The largest absolute Gasteiger partial charge is 0.478 e. The Morgan fingerprint density at radius 2 is 2.14 bits per heavy atom. The van der Waals surface area contributed by atoms with Gasteiger partial charge in [-0.3, -0.25) is 0 Å². The normalized spacial score (nSPS) is 21.9. The Hall–Kier alpha value is -1.91. The molecule has 0 aliphatic heterocycles. The summed E-state index contributed by atoms with van der Waals surface area (Å²) in [6.45, 7) is 1.61. The van der Waals surface area contributed by atoms with Crippen LogP contribution in [0.5, 0.6) is 0 Å². The van der Waals surface area contributed by atoms with Crippen LogP contribution in [0.1, 0.15) is 35.2 Å². The number of benzene rings is 1. The third-order valence-electron chi connectivity index (χ3n) is 3.71. The van der Waals surface area contributed by atoms with Gasteiger partial charge in [0.05, 0.1) is 22.4 Å². The van der Waals surface area contributed by atoms with Gasteiger partial charge in [-0.1, -0.05) is 12.5 Å². The SMILES string of the molecule is Cc1ccc(C(=O)O)cc1S(=O)(=O)NC1CCCC1C#N. The standard InChI is InChI=1S/C14H16N2O4S/c1-9-5-6-10(14(17)18)7-13(9)21(19,20)16-12-4-2-3-11(12)8-15/h5-7,11-12,16H,2-4H2,1H3,(H,17,18). The van der Waals surface area contributed by atoms with Crippen molar-refractivity contribution in [3.05, 3.63) is 29.3 Å². The van der Waals surface area contributed by atoms with Gasteiger partial charge in [0.25, 0.3) is 0 Å². The molecular weight excluding hydrogens is 292 g/mol. The maximum Gasteiger partial charge on any atom is 0.335 e. The predicted molar refractivity (Wildman–Crippen MR) is 75.2 cm³/mol. The van der Waals surface area contributed by atoms with E-state index in [0.717, 1.165) is 12.5 Å². The van der Waals surface area contributed by atoms with Crippen LogP contribution in [0.25, 0.3) is 0 Å². The number of aromatic carboxylic acids is 1. The van der Waals surface area contributed by atoms with Crippen LogP contribution in [-0.4, -0.2) is 25.5 Å². The summed E-state index contributed by atoms with van der Waals surface area (Å²) in [5.74, 6) is -1.51. The maximum atomic E-state index is 12.4. The summed E-state index contributed by atoms with van der Waals surface area (Å²) in [5.41, 5.74) is 0.392. The highest BCUT2D eigenvalue weighted by molar-refractivity contribution is 7.89. The molecule has 0 heterocycles. The number of nitrogens with zero attached hydrogens (tertiary/aromatic N) is 1. The molecule has 1 fully saturated rings. The molecule has 2 atom stereocenters. The summed E-state index contributed by atoms with van der Waals surface area (Å²) in [7, 11) is -3.84. The highest BCUT2D eigenvalue weighted by Crippen LogP contribution is 2.27. The summed E-state index contributed by atoms with van der Waals surface area (Å²) >= 11 is 0. The van der Waals surface area contributed by atoms with E-state index in [-0.39, 0.29) is 16.4 Å². The number of hydrogen-bond acceptors (Lipinski definition) is 4. The first-order valence-electron chi connectivity index (χ1n) is 6.61. The zero-order valence-corrected chi connectivity index (χ0v) is 12.4. The molecule has 2 unspecified atom stereocenters. The molecule has 0 bridgehead atoms. The van der Waals surface area contributed by atoms with E-state index in [9.17, 15) is 13.2 Å². The third-order valence-corrected chi connectivity index (χ3v) is 5.34. The fourth-order valence-corrected chi connectivity index (χ4v) is 4.12. The van der Waals surface area contributed by atoms with Crippen molar-refractivity contribution >= 4 is 16.0 Å². The lowest BCUT2D eigenvalue weighted by Gasteiger charge is -2.17. The van der Waals surface area contributed by atoms with E-state index in [1.807, 2.05) is 0 Å². The number of carbonyl (C=O) groups is 1. The zero-order valence-electron chi connectivity index (χ0n) is 11.5. The lowest BCUT2D eigenvalue weighted by molar-refractivity contribution is 0.0696. The smallest absolute Gasteiger partial charge is 0.335 e. The Morgan fingerprint density at radius 3 is 2.76 bits per heavy atom. The second-order valence-electron chi connectivity index (χ2n) is 5.18. The van der Waals surface area contributed by atoms with Crippen LogP contribution in [0, 0.1) is 24.2 Å². The minimum atomic E-state index is -3.84. The van der Waals surface area contributed by atoms with Crippen LogP contribution in [0.2, 0.25) is 0 Å². The van der Waals surface area contributed by atoms with E-state index in [1.54, 1.807) is 6.92 Å². The van der Waals surface area contributed by atoms with Crippen molar-refractivity contribution in [1.82, 2.24) is 4.72 Å². The van der Waals surface area contributed by atoms with Gasteiger partial charge in [-0.15, -0.1) is 0 Å². The topological polar surface area (TPSA) is 107 Å². The number of hydrogen-bond donors (Lipinski definition) is 2. The Kier molecular flexibility index (Phi) is 4.30. The molecule has 0 radical (unpaired) electrons. The summed E-state index contributed by atoms with van der Waals surface area (Å²) in [6.07, 6.45) is 2.10. The molecule has 2 N–H and O–H groups in total. The highest BCUT2D eigenvalue weighted by Gasteiger charge is 2.32. The Morgan fingerprint density at radius 1 is 1.43 bits per heavy atom. The van der Waals surface area contributed by atoms with Crippen LogP contribution in [0.3, 0.4) is 0 Å². The number of nitriles is 1. The predicted octanol–water partition coefficient (Wildman–Crippen LogP) is 1.66. The number of carboxylic acid groups (broad SMARTS) is 1. The van der Waals surface area contributed by atoms with Crippen LogP contribution < -0.4 is 4.72 Å². The van der Waals surface area contributed by atoms with Gasteiger partial charge in [0.2, 0.25) is 10.0 Å². The molecular formula is C14H16N2O4S. The van der Waals surface area contributed by atoms with Crippen molar-refractivity contribution in [3.8, 4) is 6.07 Å². The summed E-state index contributed by atoms with van der Waals surface area (Å²) < 4.78 is 27.4. The van der Waals surface area contributed by atoms with Gasteiger partial charge < -0.3 is 5.11 Å². The molecule has 0 aromatic heterocycles. The monoisotopic (exact) mass is 308 g/mol. The van der Waals surface area contributed by atoms with Gasteiger partial charge in [0.15, 0.2) is 0 Å². The minimum absolute atomic E-state index is 0.0500. The first-order valence-corrected chi connectivity index (χ1v) is 8.09. The van der Waals surface area contributed by atoms with E-state index in [1.165, 1.54) is 12.1 Å². The van der Waals surface area contributed by atoms with Gasteiger partial charge >= 0.3 is 5.97 Å². The first-order chi connectivity index (χ1) is 9.85. The summed E-state index contributed by atoms with van der Waals surface area (Å²) in [4.78, 5) is 10.9. The number of sulfonamides is 1. The average molecular weight is 308 g/mol. The number of rotatable bonds is 4. The lowest BCUT2D eigenvalue weighted by atomic mass is 10.1. The lowest BCUT2D eigenvalue weighted by Crippen LogP contribution is -2.37. The molecule has 0 spiro atoms. The molecule has 0 saturated heterocycles. The van der Waals surface area contributed by atoms with Crippen LogP contribution in [0.4, 0.5) is 0 Å².